The Morgan fingerprint density at radius 3 is 2.81 bits per heavy atom. The molecule has 0 aliphatic heterocycles. The van der Waals surface area contributed by atoms with Crippen molar-refractivity contribution in [1.82, 2.24) is 5.01 Å². The Bertz CT molecular complexity index is 987. The Labute approximate surface area is 154 Å². The third-order valence-electron chi connectivity index (χ3n) is 3.87. The molecule has 3 rings (SSSR count). The van der Waals surface area contributed by atoms with E-state index in [0.717, 1.165) is 21.5 Å². The Balaban J connectivity index is 1.81. The van der Waals surface area contributed by atoms with Gasteiger partial charge in [-0.25, -0.2) is 10.6 Å². The lowest BCUT2D eigenvalue weighted by atomic mass is 10.1. The Morgan fingerprint density at radius 1 is 1.19 bits per heavy atom. The molecule has 134 valence electrons. The van der Waals surface area contributed by atoms with Gasteiger partial charge in [-0.05, 0) is 41.8 Å². The summed E-state index contributed by atoms with van der Waals surface area (Å²) in [5.74, 6) is 6.04. The number of nitrogens with two attached hydrogens (primary N) is 1. The molecule has 2 N–H and O–H groups in total. The van der Waals surface area contributed by atoms with Crippen molar-refractivity contribution in [1.29, 1.82) is 0 Å². The van der Waals surface area contributed by atoms with Crippen molar-refractivity contribution in [3.63, 3.8) is 0 Å². The van der Waals surface area contributed by atoms with Gasteiger partial charge in [-0.3, -0.25) is 9.80 Å². The molecule has 0 unspecified atom stereocenters. The normalized spacial score (nSPS) is 10.7. The maximum atomic E-state index is 11.8. The van der Waals surface area contributed by atoms with Crippen LogP contribution in [0.2, 0.25) is 5.02 Å². The number of rotatable bonds is 7. The first-order valence-electron chi connectivity index (χ1n) is 7.96. The van der Waals surface area contributed by atoms with Crippen molar-refractivity contribution in [2.75, 3.05) is 6.54 Å². The van der Waals surface area contributed by atoms with Gasteiger partial charge in [-0.15, -0.1) is 0 Å². The van der Waals surface area contributed by atoms with E-state index in [1.54, 1.807) is 18.2 Å². The lowest BCUT2D eigenvalue weighted by Crippen LogP contribution is -2.31. The average Bonchev–Trinajstić information content (AvgIpc) is 2.63. The number of hydrogen-bond acceptors (Lipinski definition) is 5. The SMILES string of the molecule is NN(C=O)CCc1cc(=O)oc2cc(OCc3cccc(Cl)c3)ccc12. The third-order valence-corrected chi connectivity index (χ3v) is 4.11. The second-order valence-electron chi connectivity index (χ2n) is 5.76. The van der Waals surface area contributed by atoms with Crippen LogP contribution in [0.5, 0.6) is 5.75 Å². The Hall–Kier alpha value is -2.83. The molecule has 0 radical (unpaired) electrons. The highest BCUT2D eigenvalue weighted by Gasteiger charge is 2.08. The van der Waals surface area contributed by atoms with E-state index < -0.39 is 5.63 Å². The zero-order valence-electron chi connectivity index (χ0n) is 13.9. The van der Waals surface area contributed by atoms with E-state index in [4.69, 9.17) is 26.6 Å². The van der Waals surface area contributed by atoms with Crippen LogP contribution >= 0.6 is 11.6 Å². The Morgan fingerprint density at radius 2 is 2.04 bits per heavy atom. The molecule has 2 aromatic carbocycles. The van der Waals surface area contributed by atoms with Crippen molar-refractivity contribution in [2.45, 2.75) is 13.0 Å². The minimum absolute atomic E-state index is 0.301. The monoisotopic (exact) mass is 372 g/mol. The number of fused-ring (bicyclic) bond motifs is 1. The number of hydrogen-bond donors (Lipinski definition) is 1. The van der Waals surface area contributed by atoms with Gasteiger partial charge in [0.05, 0.1) is 0 Å². The van der Waals surface area contributed by atoms with E-state index in [0.29, 0.717) is 42.3 Å². The topological polar surface area (TPSA) is 85.8 Å². The Kier molecular flexibility index (Phi) is 5.55. The van der Waals surface area contributed by atoms with Gasteiger partial charge in [-0.1, -0.05) is 23.7 Å². The highest BCUT2D eigenvalue weighted by atomic mass is 35.5. The predicted octanol–water partition coefficient (Wildman–Crippen LogP) is 2.90. The fourth-order valence-corrected chi connectivity index (χ4v) is 2.82. The molecule has 1 amide bonds. The van der Waals surface area contributed by atoms with Gasteiger partial charge in [0.15, 0.2) is 0 Å². The van der Waals surface area contributed by atoms with Crippen LogP contribution in [0.4, 0.5) is 0 Å². The smallest absolute Gasteiger partial charge is 0.336 e. The van der Waals surface area contributed by atoms with Crippen LogP contribution in [-0.4, -0.2) is 18.0 Å². The van der Waals surface area contributed by atoms with E-state index in [1.807, 2.05) is 24.3 Å². The van der Waals surface area contributed by atoms with Crippen molar-refractivity contribution >= 4 is 29.0 Å². The van der Waals surface area contributed by atoms with Crippen LogP contribution in [0, 0.1) is 0 Å². The van der Waals surface area contributed by atoms with Crippen LogP contribution in [0.3, 0.4) is 0 Å². The number of ether oxygens (including phenoxy) is 1. The first-order valence-corrected chi connectivity index (χ1v) is 8.33. The lowest BCUT2D eigenvalue weighted by Gasteiger charge is -2.12. The summed E-state index contributed by atoms with van der Waals surface area (Å²) in [6.07, 6.45) is 0.982. The van der Waals surface area contributed by atoms with E-state index >= 15 is 0 Å². The number of carbonyl (C=O) groups excluding carboxylic acids is 1. The summed E-state index contributed by atoms with van der Waals surface area (Å²) >= 11 is 5.96. The molecule has 6 nitrogen and oxygen atoms in total. The maximum absolute atomic E-state index is 11.8. The fraction of sp³-hybridized carbons (Fsp3) is 0.158. The van der Waals surface area contributed by atoms with Crippen molar-refractivity contribution in [3.8, 4) is 5.75 Å². The molecule has 0 saturated carbocycles. The largest absolute Gasteiger partial charge is 0.489 e. The molecule has 1 aromatic heterocycles. The fourth-order valence-electron chi connectivity index (χ4n) is 2.60. The minimum Gasteiger partial charge on any atom is -0.489 e. The van der Waals surface area contributed by atoms with E-state index in [-0.39, 0.29) is 0 Å². The summed E-state index contributed by atoms with van der Waals surface area (Å²) in [5, 5.41) is 2.45. The van der Waals surface area contributed by atoms with Crippen molar-refractivity contribution in [2.24, 2.45) is 5.84 Å². The molecular weight excluding hydrogens is 356 g/mol. The quantitative estimate of drug-likeness (QED) is 0.226. The average molecular weight is 373 g/mol. The highest BCUT2D eigenvalue weighted by Crippen LogP contribution is 2.24. The standard InChI is InChI=1S/C19H17ClN2O4/c20-15-3-1-2-13(8-15)11-25-16-4-5-17-14(6-7-22(21)12-23)9-19(24)26-18(17)10-16/h1-5,8-10,12H,6-7,11,21H2. The molecule has 7 heteroatoms. The molecule has 0 fully saturated rings. The maximum Gasteiger partial charge on any atom is 0.336 e. The van der Waals surface area contributed by atoms with E-state index in [9.17, 15) is 9.59 Å². The van der Waals surface area contributed by atoms with Gasteiger partial charge in [0.1, 0.15) is 17.9 Å². The summed E-state index contributed by atoms with van der Waals surface area (Å²) in [7, 11) is 0. The molecule has 26 heavy (non-hydrogen) atoms. The van der Waals surface area contributed by atoms with E-state index in [2.05, 4.69) is 0 Å². The van der Waals surface area contributed by atoms with Gasteiger partial charge >= 0.3 is 5.63 Å². The molecule has 0 aliphatic rings. The first-order chi connectivity index (χ1) is 12.5. The number of halogens is 1. The molecule has 0 bridgehead atoms. The number of benzene rings is 2. The number of hydrazine groups is 1. The van der Waals surface area contributed by atoms with Crippen LogP contribution in [0.15, 0.2) is 57.7 Å². The van der Waals surface area contributed by atoms with Gasteiger partial charge < -0.3 is 9.15 Å². The zero-order valence-corrected chi connectivity index (χ0v) is 14.6. The molecular formula is C19H17ClN2O4. The molecule has 0 saturated heterocycles. The van der Waals surface area contributed by atoms with Crippen LogP contribution in [0.1, 0.15) is 11.1 Å². The third kappa shape index (κ3) is 4.41. The number of amides is 1. The second-order valence-corrected chi connectivity index (χ2v) is 6.20. The van der Waals surface area contributed by atoms with Gasteiger partial charge in [0.25, 0.3) is 0 Å². The highest BCUT2D eigenvalue weighted by molar-refractivity contribution is 6.30. The van der Waals surface area contributed by atoms with Gasteiger partial charge in [0, 0.05) is 29.1 Å². The zero-order chi connectivity index (χ0) is 18.5. The lowest BCUT2D eigenvalue weighted by molar-refractivity contribution is -0.118. The van der Waals surface area contributed by atoms with E-state index in [1.165, 1.54) is 6.07 Å². The van der Waals surface area contributed by atoms with Crippen LogP contribution < -0.4 is 16.2 Å². The molecule has 3 aromatic rings. The molecule has 1 heterocycles. The van der Waals surface area contributed by atoms with Gasteiger partial charge in [0.2, 0.25) is 6.41 Å². The predicted molar refractivity (Wildman–Crippen MR) is 98.9 cm³/mol. The molecule has 0 aliphatic carbocycles. The molecule has 0 atom stereocenters. The second kappa shape index (κ2) is 8.03. The van der Waals surface area contributed by atoms with Gasteiger partial charge in [-0.2, -0.15) is 0 Å². The summed E-state index contributed by atoms with van der Waals surface area (Å²) in [6.45, 7) is 0.645. The number of nitrogens with zero attached hydrogens (tertiary/aromatic N) is 1. The van der Waals surface area contributed by atoms with Crippen LogP contribution in [0.25, 0.3) is 11.0 Å². The number of carbonyl (C=O) groups is 1. The summed E-state index contributed by atoms with van der Waals surface area (Å²) in [4.78, 5) is 22.4. The van der Waals surface area contributed by atoms with Crippen LogP contribution in [-0.2, 0) is 17.8 Å². The van der Waals surface area contributed by atoms with Crippen molar-refractivity contribution in [3.05, 3.63) is 75.1 Å². The van der Waals surface area contributed by atoms with Crippen molar-refractivity contribution < 1.29 is 13.9 Å². The first kappa shape index (κ1) is 18.0. The minimum atomic E-state index is -0.464. The molecule has 0 spiro atoms. The summed E-state index contributed by atoms with van der Waals surface area (Å²) in [5.41, 5.74) is 1.65. The summed E-state index contributed by atoms with van der Waals surface area (Å²) in [6, 6.07) is 14.1. The summed E-state index contributed by atoms with van der Waals surface area (Å²) < 4.78 is 11.0.